The molecule has 1 heterocycles. The molecule has 0 spiro atoms. The van der Waals surface area contributed by atoms with Crippen LogP contribution in [0.4, 0.5) is 20.4 Å². The van der Waals surface area contributed by atoms with Crippen molar-refractivity contribution in [3.05, 3.63) is 36.7 Å². The third kappa shape index (κ3) is 4.16. The van der Waals surface area contributed by atoms with Gasteiger partial charge in [0.2, 0.25) is 5.95 Å². The van der Waals surface area contributed by atoms with Crippen LogP contribution in [0.3, 0.4) is 0 Å². The SMILES string of the molecule is COCC(C)n1ccnc1Nc1ccc(OC(F)F)cc1. The van der Waals surface area contributed by atoms with E-state index in [1.54, 1.807) is 25.4 Å². The van der Waals surface area contributed by atoms with Crippen molar-refractivity contribution < 1.29 is 18.3 Å². The molecule has 1 atom stereocenters. The predicted octanol–water partition coefficient (Wildman–Crippen LogP) is 3.44. The Bertz CT molecular complexity index is 558. The number of imidazole rings is 1. The van der Waals surface area contributed by atoms with Gasteiger partial charge in [0.05, 0.1) is 12.6 Å². The number of nitrogens with one attached hydrogen (secondary N) is 1. The number of halogens is 2. The van der Waals surface area contributed by atoms with Gasteiger partial charge in [-0.05, 0) is 31.2 Å². The van der Waals surface area contributed by atoms with Gasteiger partial charge in [-0.25, -0.2) is 4.98 Å². The Kier molecular flexibility index (Phi) is 5.10. The van der Waals surface area contributed by atoms with Crippen LogP contribution >= 0.6 is 0 Å². The number of rotatable bonds is 7. The molecule has 0 fully saturated rings. The molecule has 1 aromatic carbocycles. The van der Waals surface area contributed by atoms with E-state index in [2.05, 4.69) is 15.0 Å². The lowest BCUT2D eigenvalue weighted by atomic mass is 10.3. The third-order valence-corrected chi connectivity index (χ3v) is 2.89. The van der Waals surface area contributed by atoms with E-state index < -0.39 is 6.61 Å². The largest absolute Gasteiger partial charge is 0.435 e. The number of nitrogens with zero attached hydrogens (tertiary/aromatic N) is 2. The summed E-state index contributed by atoms with van der Waals surface area (Å²) in [7, 11) is 1.64. The van der Waals surface area contributed by atoms with Crippen LogP contribution in [0.1, 0.15) is 13.0 Å². The molecular weight excluding hydrogens is 280 g/mol. The molecule has 0 amide bonds. The van der Waals surface area contributed by atoms with E-state index in [1.807, 2.05) is 17.7 Å². The summed E-state index contributed by atoms with van der Waals surface area (Å²) in [6.07, 6.45) is 3.53. The molecule has 0 saturated carbocycles. The minimum Gasteiger partial charge on any atom is -0.435 e. The van der Waals surface area contributed by atoms with Crippen molar-refractivity contribution in [2.45, 2.75) is 19.6 Å². The zero-order valence-electron chi connectivity index (χ0n) is 11.8. The van der Waals surface area contributed by atoms with Crippen molar-refractivity contribution in [2.75, 3.05) is 19.0 Å². The van der Waals surface area contributed by atoms with Gasteiger partial charge in [0.25, 0.3) is 0 Å². The maximum Gasteiger partial charge on any atom is 0.387 e. The second-order valence-corrected chi connectivity index (χ2v) is 4.49. The molecule has 0 radical (unpaired) electrons. The number of hydrogen-bond acceptors (Lipinski definition) is 4. The van der Waals surface area contributed by atoms with E-state index in [0.717, 1.165) is 5.69 Å². The lowest BCUT2D eigenvalue weighted by Crippen LogP contribution is -2.12. The van der Waals surface area contributed by atoms with Crippen molar-refractivity contribution in [1.82, 2.24) is 9.55 Å². The molecule has 1 N–H and O–H groups in total. The summed E-state index contributed by atoms with van der Waals surface area (Å²) < 4.78 is 35.5. The third-order valence-electron chi connectivity index (χ3n) is 2.89. The molecular formula is C14H17F2N3O2. The fourth-order valence-corrected chi connectivity index (χ4v) is 1.94. The summed E-state index contributed by atoms with van der Waals surface area (Å²) >= 11 is 0. The van der Waals surface area contributed by atoms with Crippen LogP contribution in [-0.2, 0) is 4.74 Å². The molecule has 1 unspecified atom stereocenters. The Hall–Kier alpha value is -2.15. The molecule has 2 aromatic rings. The number of ether oxygens (including phenoxy) is 2. The first-order chi connectivity index (χ1) is 10.1. The second kappa shape index (κ2) is 7.03. The normalized spacial score (nSPS) is 12.4. The van der Waals surface area contributed by atoms with Gasteiger partial charge in [-0.15, -0.1) is 0 Å². The lowest BCUT2D eigenvalue weighted by molar-refractivity contribution is -0.0498. The van der Waals surface area contributed by atoms with E-state index in [1.165, 1.54) is 12.1 Å². The highest BCUT2D eigenvalue weighted by Crippen LogP contribution is 2.22. The van der Waals surface area contributed by atoms with E-state index >= 15 is 0 Å². The second-order valence-electron chi connectivity index (χ2n) is 4.49. The summed E-state index contributed by atoms with van der Waals surface area (Å²) in [6.45, 7) is -0.250. The van der Waals surface area contributed by atoms with Gasteiger partial charge in [-0.1, -0.05) is 0 Å². The zero-order chi connectivity index (χ0) is 15.2. The van der Waals surface area contributed by atoms with Gasteiger partial charge < -0.3 is 19.4 Å². The molecule has 2 rings (SSSR count). The van der Waals surface area contributed by atoms with Crippen LogP contribution < -0.4 is 10.1 Å². The minimum absolute atomic E-state index is 0.117. The summed E-state index contributed by atoms with van der Waals surface area (Å²) in [5.41, 5.74) is 0.730. The summed E-state index contributed by atoms with van der Waals surface area (Å²) in [5.74, 6) is 0.772. The molecule has 114 valence electrons. The fraction of sp³-hybridized carbons (Fsp3) is 0.357. The van der Waals surface area contributed by atoms with Gasteiger partial charge in [0.1, 0.15) is 5.75 Å². The first kappa shape index (κ1) is 15.2. The van der Waals surface area contributed by atoms with Crippen LogP contribution in [0.15, 0.2) is 36.7 Å². The average molecular weight is 297 g/mol. The number of hydrogen-bond donors (Lipinski definition) is 1. The summed E-state index contributed by atoms with van der Waals surface area (Å²) in [5, 5.41) is 3.13. The predicted molar refractivity (Wildman–Crippen MR) is 75.2 cm³/mol. The standard InChI is InChI=1S/C14H17F2N3O2/c1-10(9-20-2)19-8-7-17-14(19)18-11-3-5-12(6-4-11)21-13(15)16/h3-8,10,13H,9H2,1-2H3,(H,17,18). The van der Waals surface area contributed by atoms with Crippen LogP contribution in [0.2, 0.25) is 0 Å². The average Bonchev–Trinajstić information content (AvgIpc) is 2.89. The van der Waals surface area contributed by atoms with Crippen molar-refractivity contribution >= 4 is 11.6 Å². The molecule has 0 aliphatic carbocycles. The quantitative estimate of drug-likeness (QED) is 0.850. The number of benzene rings is 1. The van der Waals surface area contributed by atoms with E-state index in [4.69, 9.17) is 4.74 Å². The van der Waals surface area contributed by atoms with Crippen LogP contribution in [-0.4, -0.2) is 29.9 Å². The van der Waals surface area contributed by atoms with Crippen LogP contribution in [0.5, 0.6) is 5.75 Å². The van der Waals surface area contributed by atoms with Crippen LogP contribution in [0, 0.1) is 0 Å². The molecule has 1 aromatic heterocycles. The van der Waals surface area contributed by atoms with Crippen molar-refractivity contribution in [1.29, 1.82) is 0 Å². The molecule has 0 saturated heterocycles. The van der Waals surface area contributed by atoms with Gasteiger partial charge in [0, 0.05) is 25.2 Å². The van der Waals surface area contributed by atoms with E-state index in [0.29, 0.717) is 12.6 Å². The smallest absolute Gasteiger partial charge is 0.387 e. The zero-order valence-corrected chi connectivity index (χ0v) is 11.8. The molecule has 0 aliphatic heterocycles. The molecule has 21 heavy (non-hydrogen) atoms. The van der Waals surface area contributed by atoms with Gasteiger partial charge in [-0.2, -0.15) is 8.78 Å². The maximum absolute atomic E-state index is 12.1. The van der Waals surface area contributed by atoms with Gasteiger partial charge >= 0.3 is 6.61 Å². The Balaban J connectivity index is 2.06. The molecule has 0 bridgehead atoms. The Morgan fingerprint density at radius 2 is 2.00 bits per heavy atom. The monoisotopic (exact) mass is 297 g/mol. The van der Waals surface area contributed by atoms with Crippen molar-refractivity contribution in [2.24, 2.45) is 0 Å². The summed E-state index contributed by atoms with van der Waals surface area (Å²) in [4.78, 5) is 4.23. The number of aromatic nitrogens is 2. The Morgan fingerprint density at radius 3 is 2.62 bits per heavy atom. The highest BCUT2D eigenvalue weighted by Gasteiger charge is 2.10. The number of anilines is 2. The van der Waals surface area contributed by atoms with E-state index in [9.17, 15) is 8.78 Å². The topological polar surface area (TPSA) is 48.3 Å². The Morgan fingerprint density at radius 1 is 1.29 bits per heavy atom. The minimum atomic E-state index is -2.82. The van der Waals surface area contributed by atoms with E-state index in [-0.39, 0.29) is 11.8 Å². The van der Waals surface area contributed by atoms with Gasteiger partial charge in [-0.3, -0.25) is 0 Å². The molecule has 5 nitrogen and oxygen atoms in total. The molecule has 0 aliphatic rings. The maximum atomic E-state index is 12.1. The first-order valence-electron chi connectivity index (χ1n) is 6.44. The fourth-order valence-electron chi connectivity index (χ4n) is 1.94. The van der Waals surface area contributed by atoms with Crippen molar-refractivity contribution in [3.63, 3.8) is 0 Å². The summed E-state index contributed by atoms with van der Waals surface area (Å²) in [6, 6.07) is 6.37. The highest BCUT2D eigenvalue weighted by atomic mass is 19.3. The van der Waals surface area contributed by atoms with Crippen molar-refractivity contribution in [3.8, 4) is 5.75 Å². The molecule has 7 heteroatoms. The first-order valence-corrected chi connectivity index (χ1v) is 6.44. The van der Waals surface area contributed by atoms with Gasteiger partial charge in [0.15, 0.2) is 0 Å². The Labute approximate surface area is 121 Å². The lowest BCUT2D eigenvalue weighted by Gasteiger charge is -2.16. The highest BCUT2D eigenvalue weighted by molar-refractivity contribution is 5.55. The number of alkyl halides is 2. The van der Waals surface area contributed by atoms with Crippen LogP contribution in [0.25, 0.3) is 0 Å². The number of methoxy groups -OCH3 is 1.